The quantitative estimate of drug-likeness (QED) is 0.394. The van der Waals surface area contributed by atoms with Crippen molar-refractivity contribution in [3.8, 4) is 0 Å². The Morgan fingerprint density at radius 3 is 2.57 bits per heavy atom. The van der Waals surface area contributed by atoms with Gasteiger partial charge in [-0.05, 0) is 37.5 Å². The molecule has 0 bridgehead atoms. The van der Waals surface area contributed by atoms with Crippen LogP contribution in [0.5, 0.6) is 0 Å². The predicted octanol–water partition coefficient (Wildman–Crippen LogP) is 2.49. The molecule has 23 heavy (non-hydrogen) atoms. The smallest absolute Gasteiger partial charge is 0.191 e. The summed E-state index contributed by atoms with van der Waals surface area (Å²) >= 11 is 0. The van der Waals surface area contributed by atoms with Gasteiger partial charge in [-0.3, -0.25) is 4.99 Å². The van der Waals surface area contributed by atoms with Crippen LogP contribution < -0.4 is 10.6 Å². The van der Waals surface area contributed by atoms with Gasteiger partial charge in [-0.1, -0.05) is 12.1 Å². The standard InChI is InChI=1S/C17H28FN3O2/c1-4-23-12-6-5-11-20-17(19-2)21-13-16(22-3)14-7-9-15(18)10-8-14/h7-10,16H,4-6,11-13H2,1-3H3,(H2,19,20,21). The van der Waals surface area contributed by atoms with Gasteiger partial charge in [0.1, 0.15) is 5.82 Å². The number of guanidine groups is 1. The van der Waals surface area contributed by atoms with Crippen molar-refractivity contribution in [2.45, 2.75) is 25.9 Å². The van der Waals surface area contributed by atoms with Gasteiger partial charge in [0.25, 0.3) is 0 Å². The van der Waals surface area contributed by atoms with Crippen LogP contribution in [-0.2, 0) is 9.47 Å². The summed E-state index contributed by atoms with van der Waals surface area (Å²) in [6, 6.07) is 6.34. The maximum Gasteiger partial charge on any atom is 0.191 e. The molecule has 2 N–H and O–H groups in total. The highest BCUT2D eigenvalue weighted by atomic mass is 19.1. The average Bonchev–Trinajstić information content (AvgIpc) is 2.58. The lowest BCUT2D eigenvalue weighted by atomic mass is 10.1. The van der Waals surface area contributed by atoms with Crippen LogP contribution in [0.4, 0.5) is 4.39 Å². The van der Waals surface area contributed by atoms with Crippen LogP contribution in [0.15, 0.2) is 29.3 Å². The minimum Gasteiger partial charge on any atom is -0.382 e. The number of rotatable bonds is 10. The molecule has 0 aliphatic carbocycles. The number of benzene rings is 1. The van der Waals surface area contributed by atoms with Gasteiger partial charge in [-0.15, -0.1) is 0 Å². The van der Waals surface area contributed by atoms with Crippen molar-refractivity contribution < 1.29 is 13.9 Å². The highest BCUT2D eigenvalue weighted by Crippen LogP contribution is 2.15. The van der Waals surface area contributed by atoms with Crippen molar-refractivity contribution in [2.24, 2.45) is 4.99 Å². The molecule has 1 unspecified atom stereocenters. The first kappa shape index (κ1) is 19.4. The molecule has 1 aromatic carbocycles. The Morgan fingerprint density at radius 2 is 1.96 bits per heavy atom. The van der Waals surface area contributed by atoms with E-state index in [0.717, 1.165) is 44.1 Å². The molecule has 0 fully saturated rings. The van der Waals surface area contributed by atoms with Crippen LogP contribution >= 0.6 is 0 Å². The van der Waals surface area contributed by atoms with E-state index in [2.05, 4.69) is 15.6 Å². The highest BCUT2D eigenvalue weighted by molar-refractivity contribution is 5.79. The van der Waals surface area contributed by atoms with Crippen LogP contribution in [0.3, 0.4) is 0 Å². The van der Waals surface area contributed by atoms with Gasteiger partial charge in [-0.2, -0.15) is 0 Å². The second-order valence-corrected chi connectivity index (χ2v) is 5.06. The molecule has 0 saturated carbocycles. The fraction of sp³-hybridized carbons (Fsp3) is 0.588. The zero-order valence-corrected chi connectivity index (χ0v) is 14.3. The Bertz CT molecular complexity index is 452. The average molecular weight is 325 g/mol. The van der Waals surface area contributed by atoms with Crippen LogP contribution in [0, 0.1) is 5.82 Å². The number of methoxy groups -OCH3 is 1. The number of hydrogen-bond acceptors (Lipinski definition) is 3. The first-order chi connectivity index (χ1) is 11.2. The number of halogens is 1. The largest absolute Gasteiger partial charge is 0.382 e. The Hall–Kier alpha value is -1.66. The third kappa shape index (κ3) is 7.95. The molecular formula is C17H28FN3O2. The fourth-order valence-electron chi connectivity index (χ4n) is 2.10. The number of nitrogens with one attached hydrogen (secondary N) is 2. The number of nitrogens with zero attached hydrogens (tertiary/aromatic N) is 1. The Morgan fingerprint density at radius 1 is 1.22 bits per heavy atom. The van der Waals surface area contributed by atoms with Gasteiger partial charge >= 0.3 is 0 Å². The van der Waals surface area contributed by atoms with Gasteiger partial charge in [0.05, 0.1) is 6.10 Å². The molecule has 0 saturated heterocycles. The lowest BCUT2D eigenvalue weighted by molar-refractivity contribution is 0.106. The van der Waals surface area contributed by atoms with Gasteiger partial charge in [0, 0.05) is 40.5 Å². The molecule has 0 heterocycles. The van der Waals surface area contributed by atoms with Crippen molar-refractivity contribution >= 4 is 5.96 Å². The molecule has 1 aromatic rings. The molecule has 0 aliphatic heterocycles. The molecule has 1 atom stereocenters. The summed E-state index contributed by atoms with van der Waals surface area (Å²) in [5.41, 5.74) is 0.925. The van der Waals surface area contributed by atoms with E-state index in [-0.39, 0.29) is 11.9 Å². The first-order valence-corrected chi connectivity index (χ1v) is 8.01. The topological polar surface area (TPSA) is 54.9 Å². The number of unbranched alkanes of at least 4 members (excludes halogenated alkanes) is 1. The molecule has 6 heteroatoms. The zero-order valence-electron chi connectivity index (χ0n) is 14.3. The molecule has 5 nitrogen and oxygen atoms in total. The molecule has 0 aromatic heterocycles. The van der Waals surface area contributed by atoms with E-state index >= 15 is 0 Å². The van der Waals surface area contributed by atoms with E-state index in [4.69, 9.17) is 9.47 Å². The monoisotopic (exact) mass is 325 g/mol. The lowest BCUT2D eigenvalue weighted by Crippen LogP contribution is -2.40. The van der Waals surface area contributed by atoms with E-state index < -0.39 is 0 Å². The molecule has 0 amide bonds. The normalized spacial score (nSPS) is 13.0. The second kappa shape index (κ2) is 11.8. The molecule has 0 spiro atoms. The molecule has 0 radical (unpaired) electrons. The van der Waals surface area contributed by atoms with E-state index in [1.54, 1.807) is 26.3 Å². The van der Waals surface area contributed by atoms with Gasteiger partial charge in [-0.25, -0.2) is 4.39 Å². The minimum absolute atomic E-state index is 0.160. The van der Waals surface area contributed by atoms with E-state index in [1.165, 1.54) is 12.1 Å². The highest BCUT2D eigenvalue weighted by Gasteiger charge is 2.11. The summed E-state index contributed by atoms with van der Waals surface area (Å²) in [5, 5.41) is 6.48. The van der Waals surface area contributed by atoms with Crippen LogP contribution in [0.25, 0.3) is 0 Å². The van der Waals surface area contributed by atoms with Crippen molar-refractivity contribution in [3.63, 3.8) is 0 Å². The summed E-state index contributed by atoms with van der Waals surface area (Å²) < 4.78 is 23.7. The maximum atomic E-state index is 13.0. The van der Waals surface area contributed by atoms with E-state index in [9.17, 15) is 4.39 Å². The van der Waals surface area contributed by atoms with Crippen molar-refractivity contribution in [2.75, 3.05) is 40.5 Å². The summed E-state index contributed by atoms with van der Waals surface area (Å²) in [5.74, 6) is 0.478. The van der Waals surface area contributed by atoms with Gasteiger partial charge in [0.15, 0.2) is 5.96 Å². The summed E-state index contributed by atoms with van der Waals surface area (Å²) in [7, 11) is 3.37. The third-order valence-electron chi connectivity index (χ3n) is 3.42. The molecule has 130 valence electrons. The van der Waals surface area contributed by atoms with Crippen LogP contribution in [0.1, 0.15) is 31.4 Å². The number of ether oxygens (including phenoxy) is 2. The zero-order chi connectivity index (χ0) is 16.9. The Labute approximate surface area is 138 Å². The van der Waals surface area contributed by atoms with Gasteiger partial charge < -0.3 is 20.1 Å². The van der Waals surface area contributed by atoms with Crippen molar-refractivity contribution in [3.05, 3.63) is 35.6 Å². The summed E-state index contributed by atoms with van der Waals surface area (Å²) in [6.07, 6.45) is 1.88. The Kier molecular flexibility index (Phi) is 9.99. The fourth-order valence-corrected chi connectivity index (χ4v) is 2.10. The number of aliphatic imine (C=N–C) groups is 1. The second-order valence-electron chi connectivity index (χ2n) is 5.06. The summed E-state index contributed by atoms with van der Waals surface area (Å²) in [4.78, 5) is 4.18. The van der Waals surface area contributed by atoms with Crippen LogP contribution in [-0.4, -0.2) is 46.4 Å². The van der Waals surface area contributed by atoms with E-state index in [0.29, 0.717) is 6.54 Å². The number of hydrogen-bond donors (Lipinski definition) is 2. The van der Waals surface area contributed by atoms with Crippen LogP contribution in [0.2, 0.25) is 0 Å². The maximum absolute atomic E-state index is 13.0. The van der Waals surface area contributed by atoms with E-state index in [1.807, 2.05) is 6.92 Å². The van der Waals surface area contributed by atoms with Crippen molar-refractivity contribution in [1.82, 2.24) is 10.6 Å². The summed E-state index contributed by atoms with van der Waals surface area (Å²) in [6.45, 7) is 4.94. The molecule has 1 rings (SSSR count). The van der Waals surface area contributed by atoms with Crippen molar-refractivity contribution in [1.29, 1.82) is 0 Å². The van der Waals surface area contributed by atoms with Gasteiger partial charge in [0.2, 0.25) is 0 Å². The predicted molar refractivity (Wildman–Crippen MR) is 91.2 cm³/mol. The first-order valence-electron chi connectivity index (χ1n) is 8.01. The lowest BCUT2D eigenvalue weighted by Gasteiger charge is -2.18. The molecular weight excluding hydrogens is 297 g/mol. The third-order valence-corrected chi connectivity index (χ3v) is 3.42. The Balaban J connectivity index is 2.33. The SMILES string of the molecule is CCOCCCCNC(=NC)NCC(OC)c1ccc(F)cc1. The minimum atomic E-state index is -0.249. The molecule has 0 aliphatic rings.